The Kier molecular flexibility index (Phi) is 7.77. The summed E-state index contributed by atoms with van der Waals surface area (Å²) in [5, 5.41) is 10.5. The third-order valence-electron chi connectivity index (χ3n) is 5.39. The molecule has 0 aliphatic rings. The Balaban J connectivity index is 1.67. The fourth-order valence-electron chi connectivity index (χ4n) is 3.41. The van der Waals surface area contributed by atoms with Gasteiger partial charge in [0.2, 0.25) is 0 Å². The topological polar surface area (TPSA) is 68.1 Å². The molecule has 0 saturated carbocycles. The van der Waals surface area contributed by atoms with Gasteiger partial charge in [0.05, 0.1) is 12.2 Å². The van der Waals surface area contributed by atoms with E-state index in [2.05, 4.69) is 41.8 Å². The number of unbranched alkanes of at least 4 members (excludes halogenated alkanes) is 5. The van der Waals surface area contributed by atoms with Crippen molar-refractivity contribution in [1.29, 1.82) is 0 Å². The zero-order chi connectivity index (χ0) is 21.3. The Morgan fingerprint density at radius 1 is 0.867 bits per heavy atom. The maximum absolute atomic E-state index is 10.5. The van der Waals surface area contributed by atoms with Crippen LogP contribution in [0.5, 0.6) is 11.5 Å². The fourth-order valence-corrected chi connectivity index (χ4v) is 3.41. The number of aromatic hydroxyl groups is 1. The van der Waals surface area contributed by atoms with Gasteiger partial charge >= 0.3 is 0 Å². The SMILES string of the molecule is CCCCCCCCOc1ccc(-c2ncnc(-c3cccc(C)c3C)n2)c(O)c1. The van der Waals surface area contributed by atoms with E-state index in [0.29, 0.717) is 29.6 Å². The van der Waals surface area contributed by atoms with Gasteiger partial charge in [-0.1, -0.05) is 57.2 Å². The lowest BCUT2D eigenvalue weighted by atomic mass is 10.0. The van der Waals surface area contributed by atoms with Crippen molar-refractivity contribution in [2.45, 2.75) is 59.3 Å². The zero-order valence-corrected chi connectivity index (χ0v) is 18.2. The molecule has 0 bridgehead atoms. The van der Waals surface area contributed by atoms with Crippen molar-refractivity contribution >= 4 is 0 Å². The van der Waals surface area contributed by atoms with E-state index < -0.39 is 0 Å². The molecule has 0 unspecified atom stereocenters. The van der Waals surface area contributed by atoms with Crippen molar-refractivity contribution in [2.75, 3.05) is 6.61 Å². The van der Waals surface area contributed by atoms with Gasteiger partial charge < -0.3 is 9.84 Å². The summed E-state index contributed by atoms with van der Waals surface area (Å²) in [5.74, 6) is 1.81. The van der Waals surface area contributed by atoms with Gasteiger partial charge in [0.15, 0.2) is 11.6 Å². The zero-order valence-electron chi connectivity index (χ0n) is 18.2. The normalized spacial score (nSPS) is 10.9. The Morgan fingerprint density at radius 2 is 1.60 bits per heavy atom. The first-order valence-electron chi connectivity index (χ1n) is 10.8. The predicted octanol–water partition coefficient (Wildman–Crippen LogP) is 6.27. The number of nitrogens with zero attached hydrogens (tertiary/aromatic N) is 3. The van der Waals surface area contributed by atoms with Gasteiger partial charge in [-0.05, 0) is 43.5 Å². The second-order valence-corrected chi connectivity index (χ2v) is 7.68. The minimum Gasteiger partial charge on any atom is -0.507 e. The van der Waals surface area contributed by atoms with Crippen molar-refractivity contribution in [2.24, 2.45) is 0 Å². The molecule has 0 fully saturated rings. The lowest BCUT2D eigenvalue weighted by molar-refractivity contribution is 0.303. The molecule has 0 atom stereocenters. The Bertz CT molecular complexity index is 972. The summed E-state index contributed by atoms with van der Waals surface area (Å²) in [6, 6.07) is 11.3. The van der Waals surface area contributed by atoms with Crippen LogP contribution in [0.4, 0.5) is 0 Å². The molecule has 0 amide bonds. The molecule has 1 N–H and O–H groups in total. The largest absolute Gasteiger partial charge is 0.507 e. The molecule has 1 aromatic heterocycles. The first-order valence-corrected chi connectivity index (χ1v) is 10.8. The molecule has 5 heteroatoms. The van der Waals surface area contributed by atoms with Crippen LogP contribution in [-0.2, 0) is 0 Å². The molecule has 0 spiro atoms. The molecule has 5 nitrogen and oxygen atoms in total. The van der Waals surface area contributed by atoms with Crippen LogP contribution in [0, 0.1) is 13.8 Å². The number of aryl methyl sites for hydroxylation is 1. The highest BCUT2D eigenvalue weighted by Gasteiger charge is 2.13. The van der Waals surface area contributed by atoms with E-state index in [1.165, 1.54) is 44.0 Å². The minimum absolute atomic E-state index is 0.105. The smallest absolute Gasteiger partial charge is 0.167 e. The van der Waals surface area contributed by atoms with E-state index in [-0.39, 0.29) is 5.75 Å². The molecule has 3 rings (SSSR count). The van der Waals surface area contributed by atoms with Crippen LogP contribution in [0.3, 0.4) is 0 Å². The number of aromatic nitrogens is 3. The van der Waals surface area contributed by atoms with Crippen molar-refractivity contribution in [3.05, 3.63) is 53.9 Å². The fraction of sp³-hybridized carbons (Fsp3) is 0.400. The first kappa shape index (κ1) is 21.8. The van der Waals surface area contributed by atoms with Gasteiger partial charge in [-0.15, -0.1) is 0 Å². The number of rotatable bonds is 10. The van der Waals surface area contributed by atoms with Crippen LogP contribution in [0.15, 0.2) is 42.7 Å². The third-order valence-corrected chi connectivity index (χ3v) is 5.39. The van der Waals surface area contributed by atoms with Gasteiger partial charge in [-0.3, -0.25) is 0 Å². The predicted molar refractivity (Wildman–Crippen MR) is 121 cm³/mol. The molecular formula is C25H31N3O2. The minimum atomic E-state index is 0.105. The van der Waals surface area contributed by atoms with Crippen LogP contribution in [0.25, 0.3) is 22.8 Å². The highest BCUT2D eigenvalue weighted by molar-refractivity contribution is 5.68. The number of hydrogen-bond acceptors (Lipinski definition) is 5. The second-order valence-electron chi connectivity index (χ2n) is 7.68. The highest BCUT2D eigenvalue weighted by atomic mass is 16.5. The third kappa shape index (κ3) is 5.56. The van der Waals surface area contributed by atoms with Crippen molar-refractivity contribution < 1.29 is 9.84 Å². The lowest BCUT2D eigenvalue weighted by Gasteiger charge is -2.10. The van der Waals surface area contributed by atoms with Crippen LogP contribution >= 0.6 is 0 Å². The van der Waals surface area contributed by atoms with Crippen LogP contribution in [0.2, 0.25) is 0 Å². The van der Waals surface area contributed by atoms with E-state index in [9.17, 15) is 5.11 Å². The maximum atomic E-state index is 10.5. The molecule has 1 heterocycles. The standard InChI is InChI=1S/C25H31N3O2/c1-4-5-6-7-8-9-15-30-20-13-14-22(23(29)16-20)25-27-17-26-24(28-25)21-12-10-11-18(2)19(21)3/h10-14,16-17,29H,4-9,15H2,1-3H3. The average Bonchev–Trinajstić information content (AvgIpc) is 2.75. The number of phenols is 1. The van der Waals surface area contributed by atoms with Crippen LogP contribution < -0.4 is 4.74 Å². The maximum Gasteiger partial charge on any atom is 0.167 e. The number of hydrogen-bond donors (Lipinski definition) is 1. The number of ether oxygens (including phenoxy) is 1. The van der Waals surface area contributed by atoms with Gasteiger partial charge in [-0.2, -0.15) is 0 Å². The van der Waals surface area contributed by atoms with Gasteiger partial charge in [0.1, 0.15) is 17.8 Å². The number of benzene rings is 2. The monoisotopic (exact) mass is 405 g/mol. The highest BCUT2D eigenvalue weighted by Crippen LogP contribution is 2.31. The van der Waals surface area contributed by atoms with E-state index in [1.54, 1.807) is 12.1 Å². The second kappa shape index (κ2) is 10.7. The molecule has 2 aromatic carbocycles. The Hall–Kier alpha value is -2.95. The first-order chi connectivity index (χ1) is 14.6. The van der Waals surface area contributed by atoms with Crippen molar-refractivity contribution in [3.63, 3.8) is 0 Å². The number of phenolic OH excluding ortho intramolecular Hbond substituents is 1. The summed E-state index contributed by atoms with van der Waals surface area (Å²) in [4.78, 5) is 13.2. The Morgan fingerprint density at radius 3 is 2.37 bits per heavy atom. The van der Waals surface area contributed by atoms with Crippen molar-refractivity contribution in [3.8, 4) is 34.3 Å². The van der Waals surface area contributed by atoms with E-state index in [4.69, 9.17) is 4.74 Å². The molecule has 30 heavy (non-hydrogen) atoms. The van der Waals surface area contributed by atoms with Crippen LogP contribution in [-0.4, -0.2) is 26.7 Å². The van der Waals surface area contributed by atoms with Gasteiger partial charge in [-0.25, -0.2) is 15.0 Å². The van der Waals surface area contributed by atoms with Crippen LogP contribution in [0.1, 0.15) is 56.6 Å². The lowest BCUT2D eigenvalue weighted by Crippen LogP contribution is -1.99. The van der Waals surface area contributed by atoms with Gasteiger partial charge in [0.25, 0.3) is 0 Å². The summed E-state index contributed by atoms with van der Waals surface area (Å²) >= 11 is 0. The summed E-state index contributed by atoms with van der Waals surface area (Å²) in [7, 11) is 0. The molecule has 3 aromatic rings. The van der Waals surface area contributed by atoms with E-state index in [1.807, 2.05) is 18.2 Å². The molecule has 158 valence electrons. The summed E-state index contributed by atoms with van der Waals surface area (Å²) in [6.07, 6.45) is 8.80. The van der Waals surface area contributed by atoms with E-state index >= 15 is 0 Å². The average molecular weight is 406 g/mol. The summed E-state index contributed by atoms with van der Waals surface area (Å²) < 4.78 is 5.79. The van der Waals surface area contributed by atoms with Crippen molar-refractivity contribution in [1.82, 2.24) is 15.0 Å². The summed E-state index contributed by atoms with van der Waals surface area (Å²) in [5.41, 5.74) is 3.86. The van der Waals surface area contributed by atoms with Gasteiger partial charge in [0, 0.05) is 11.6 Å². The molecular weight excluding hydrogens is 374 g/mol. The molecule has 0 radical (unpaired) electrons. The molecule has 0 aliphatic heterocycles. The quantitative estimate of drug-likeness (QED) is 0.403. The Labute approximate surface area is 179 Å². The molecule has 0 aliphatic carbocycles. The van der Waals surface area contributed by atoms with E-state index in [0.717, 1.165) is 17.5 Å². The summed E-state index contributed by atoms with van der Waals surface area (Å²) in [6.45, 7) is 7.01. The molecule has 0 saturated heterocycles.